The summed E-state index contributed by atoms with van der Waals surface area (Å²) >= 11 is 0. The highest BCUT2D eigenvalue weighted by Crippen LogP contribution is 2.38. The first-order chi connectivity index (χ1) is 7.20. The van der Waals surface area contributed by atoms with E-state index in [-0.39, 0.29) is 0 Å². The highest BCUT2D eigenvalue weighted by Gasteiger charge is 2.33. The molecule has 1 aliphatic rings. The maximum Gasteiger partial charge on any atom is 0.0550 e. The first kappa shape index (κ1) is 10.4. The molecule has 2 atom stereocenters. The van der Waals surface area contributed by atoms with Gasteiger partial charge in [0.1, 0.15) is 0 Å². The summed E-state index contributed by atoms with van der Waals surface area (Å²) in [5.74, 6) is 1.79. The van der Waals surface area contributed by atoms with Crippen LogP contribution in [-0.2, 0) is 6.54 Å². The van der Waals surface area contributed by atoms with Gasteiger partial charge in [-0.05, 0) is 30.4 Å². The Morgan fingerprint density at radius 1 is 1.53 bits per heavy atom. The van der Waals surface area contributed by atoms with Crippen LogP contribution in [-0.4, -0.2) is 18.6 Å². The number of hydrogen-bond acceptors (Lipinski definition) is 3. The number of aromatic nitrogens is 1. The Morgan fingerprint density at radius 2 is 2.27 bits per heavy atom. The minimum absolute atomic E-state index is 0.518. The molecular formula is C12H19N3. The van der Waals surface area contributed by atoms with Crippen molar-refractivity contribution in [3.05, 3.63) is 24.0 Å². The van der Waals surface area contributed by atoms with Crippen molar-refractivity contribution in [3.8, 4) is 0 Å². The second kappa shape index (κ2) is 4.19. The standard InChI is InChI=1S/C12H19N3/c1-9-5-10(9)8-15(2)12-4-3-11(6-13)14-7-12/h3-4,7,9-10H,5-6,8,13H2,1-2H3. The van der Waals surface area contributed by atoms with Gasteiger partial charge in [-0.3, -0.25) is 4.98 Å². The van der Waals surface area contributed by atoms with Crippen molar-refractivity contribution in [1.82, 2.24) is 4.98 Å². The van der Waals surface area contributed by atoms with Crippen LogP contribution < -0.4 is 10.6 Å². The van der Waals surface area contributed by atoms with E-state index >= 15 is 0 Å². The highest BCUT2D eigenvalue weighted by atomic mass is 15.1. The molecule has 1 fully saturated rings. The third kappa shape index (κ3) is 2.48. The molecule has 0 aromatic carbocycles. The van der Waals surface area contributed by atoms with Crippen LogP contribution in [0.2, 0.25) is 0 Å². The van der Waals surface area contributed by atoms with Gasteiger partial charge in [-0.1, -0.05) is 6.92 Å². The molecule has 3 nitrogen and oxygen atoms in total. The lowest BCUT2D eigenvalue weighted by atomic mass is 10.3. The molecule has 3 heteroatoms. The summed E-state index contributed by atoms with van der Waals surface area (Å²) in [6.07, 6.45) is 3.29. The van der Waals surface area contributed by atoms with Gasteiger partial charge >= 0.3 is 0 Å². The van der Waals surface area contributed by atoms with E-state index in [2.05, 4.69) is 29.9 Å². The van der Waals surface area contributed by atoms with Gasteiger partial charge in [0.2, 0.25) is 0 Å². The third-order valence-electron chi connectivity index (χ3n) is 3.24. The van der Waals surface area contributed by atoms with Gasteiger partial charge in [0.05, 0.1) is 17.6 Å². The van der Waals surface area contributed by atoms with Gasteiger partial charge < -0.3 is 10.6 Å². The monoisotopic (exact) mass is 205 g/mol. The predicted octanol–water partition coefficient (Wildman–Crippen LogP) is 1.63. The summed E-state index contributed by atoms with van der Waals surface area (Å²) in [5, 5.41) is 0. The summed E-state index contributed by atoms with van der Waals surface area (Å²) in [4.78, 5) is 6.58. The number of nitrogens with zero attached hydrogens (tertiary/aromatic N) is 2. The van der Waals surface area contributed by atoms with Gasteiger partial charge in [0.15, 0.2) is 0 Å². The quantitative estimate of drug-likeness (QED) is 0.812. The lowest BCUT2D eigenvalue weighted by Crippen LogP contribution is -2.20. The molecule has 2 unspecified atom stereocenters. The van der Waals surface area contributed by atoms with Crippen LogP contribution in [0.25, 0.3) is 0 Å². The Labute approximate surface area is 91.3 Å². The zero-order valence-corrected chi connectivity index (χ0v) is 9.48. The van der Waals surface area contributed by atoms with E-state index in [4.69, 9.17) is 5.73 Å². The maximum absolute atomic E-state index is 5.51. The first-order valence-corrected chi connectivity index (χ1v) is 5.57. The normalized spacial score (nSPS) is 23.9. The minimum atomic E-state index is 0.518. The zero-order valence-electron chi connectivity index (χ0n) is 9.48. The molecule has 0 saturated heterocycles. The Balaban J connectivity index is 1.95. The second-order valence-corrected chi connectivity index (χ2v) is 4.57. The molecule has 1 aromatic heterocycles. The van der Waals surface area contributed by atoms with Gasteiger partial charge in [-0.2, -0.15) is 0 Å². The molecule has 2 N–H and O–H groups in total. The van der Waals surface area contributed by atoms with Crippen LogP contribution in [0.4, 0.5) is 5.69 Å². The van der Waals surface area contributed by atoms with Crippen molar-refractivity contribution >= 4 is 5.69 Å². The van der Waals surface area contributed by atoms with E-state index in [0.29, 0.717) is 6.54 Å². The fourth-order valence-electron chi connectivity index (χ4n) is 1.87. The summed E-state index contributed by atoms with van der Waals surface area (Å²) in [6, 6.07) is 4.10. The largest absolute Gasteiger partial charge is 0.373 e. The summed E-state index contributed by atoms with van der Waals surface area (Å²) < 4.78 is 0. The number of rotatable bonds is 4. The number of anilines is 1. The van der Waals surface area contributed by atoms with Crippen molar-refractivity contribution < 1.29 is 0 Å². The Hall–Kier alpha value is -1.09. The van der Waals surface area contributed by atoms with Crippen molar-refractivity contribution in [3.63, 3.8) is 0 Å². The predicted molar refractivity (Wildman–Crippen MR) is 62.7 cm³/mol. The van der Waals surface area contributed by atoms with Crippen molar-refractivity contribution in [1.29, 1.82) is 0 Å². The van der Waals surface area contributed by atoms with Gasteiger partial charge in [-0.25, -0.2) is 0 Å². The average molecular weight is 205 g/mol. The molecule has 82 valence electrons. The molecule has 0 aliphatic heterocycles. The fraction of sp³-hybridized carbons (Fsp3) is 0.583. The molecular weight excluding hydrogens is 186 g/mol. The SMILES string of the molecule is CC1CC1CN(C)c1ccc(CN)nc1. The second-order valence-electron chi connectivity index (χ2n) is 4.57. The van der Waals surface area contributed by atoms with Gasteiger partial charge in [0, 0.05) is 20.1 Å². The average Bonchev–Trinajstić information content (AvgIpc) is 2.94. The Morgan fingerprint density at radius 3 is 2.73 bits per heavy atom. The van der Waals surface area contributed by atoms with E-state index in [1.807, 2.05) is 12.3 Å². The molecule has 0 amide bonds. The molecule has 0 radical (unpaired) electrons. The van der Waals surface area contributed by atoms with Crippen LogP contribution >= 0.6 is 0 Å². The van der Waals surface area contributed by atoms with Crippen LogP contribution in [0, 0.1) is 11.8 Å². The molecule has 1 aliphatic carbocycles. The Bertz CT molecular complexity index is 320. The van der Waals surface area contributed by atoms with E-state index in [9.17, 15) is 0 Å². The molecule has 1 heterocycles. The van der Waals surface area contributed by atoms with Crippen molar-refractivity contribution in [2.75, 3.05) is 18.5 Å². The summed E-state index contributed by atoms with van der Waals surface area (Å²) in [7, 11) is 2.13. The van der Waals surface area contributed by atoms with Crippen LogP contribution in [0.5, 0.6) is 0 Å². The summed E-state index contributed by atoms with van der Waals surface area (Å²) in [6.45, 7) is 3.97. The number of pyridine rings is 1. The van der Waals surface area contributed by atoms with Crippen LogP contribution in [0.3, 0.4) is 0 Å². The minimum Gasteiger partial charge on any atom is -0.373 e. The maximum atomic E-state index is 5.51. The van der Waals surface area contributed by atoms with E-state index in [1.54, 1.807) is 0 Å². The van der Waals surface area contributed by atoms with Crippen molar-refractivity contribution in [2.45, 2.75) is 19.9 Å². The highest BCUT2D eigenvalue weighted by molar-refractivity contribution is 5.43. The number of hydrogen-bond donors (Lipinski definition) is 1. The van der Waals surface area contributed by atoms with E-state index in [0.717, 1.165) is 24.1 Å². The molecule has 15 heavy (non-hydrogen) atoms. The molecule has 0 bridgehead atoms. The van der Waals surface area contributed by atoms with Crippen molar-refractivity contribution in [2.24, 2.45) is 17.6 Å². The molecule has 1 saturated carbocycles. The molecule has 1 aromatic rings. The van der Waals surface area contributed by atoms with Gasteiger partial charge in [0.25, 0.3) is 0 Å². The lowest BCUT2D eigenvalue weighted by Gasteiger charge is -2.18. The Kier molecular flexibility index (Phi) is 2.91. The zero-order chi connectivity index (χ0) is 10.8. The van der Waals surface area contributed by atoms with Crippen LogP contribution in [0.1, 0.15) is 19.0 Å². The topological polar surface area (TPSA) is 42.1 Å². The third-order valence-corrected chi connectivity index (χ3v) is 3.24. The molecule has 0 spiro atoms. The van der Waals surface area contributed by atoms with Crippen LogP contribution in [0.15, 0.2) is 18.3 Å². The molecule has 2 rings (SSSR count). The number of nitrogens with two attached hydrogens (primary N) is 1. The van der Waals surface area contributed by atoms with E-state index < -0.39 is 0 Å². The van der Waals surface area contributed by atoms with E-state index in [1.165, 1.54) is 12.1 Å². The lowest BCUT2D eigenvalue weighted by molar-refractivity contribution is 0.724. The first-order valence-electron chi connectivity index (χ1n) is 5.57. The van der Waals surface area contributed by atoms with Gasteiger partial charge in [-0.15, -0.1) is 0 Å². The smallest absolute Gasteiger partial charge is 0.0550 e. The fourth-order valence-corrected chi connectivity index (χ4v) is 1.87. The summed E-state index contributed by atoms with van der Waals surface area (Å²) in [5.41, 5.74) is 7.65.